The highest BCUT2D eigenvalue weighted by atomic mass is 14.2. The standard InChI is InChI=1S/C12H15N/c1-3-10(2)12-7-5-4-6-11(12)8-9-13/h4-7,10H,3,8H2,1-2H3. The summed E-state index contributed by atoms with van der Waals surface area (Å²) in [5.74, 6) is 0.560. The van der Waals surface area contributed by atoms with Crippen molar-refractivity contribution in [2.45, 2.75) is 32.6 Å². The van der Waals surface area contributed by atoms with Crippen LogP contribution >= 0.6 is 0 Å². The van der Waals surface area contributed by atoms with E-state index in [0.717, 1.165) is 6.42 Å². The lowest BCUT2D eigenvalue weighted by atomic mass is 9.93. The molecule has 0 aliphatic heterocycles. The highest BCUT2D eigenvalue weighted by molar-refractivity contribution is 5.31. The fourth-order valence-electron chi connectivity index (χ4n) is 1.48. The first kappa shape index (κ1) is 9.80. The smallest absolute Gasteiger partial charge is 0.0669 e. The summed E-state index contributed by atoms with van der Waals surface area (Å²) >= 11 is 0. The van der Waals surface area contributed by atoms with Gasteiger partial charge in [-0.15, -0.1) is 0 Å². The average Bonchev–Trinajstić information content (AvgIpc) is 2.18. The van der Waals surface area contributed by atoms with E-state index in [1.165, 1.54) is 11.1 Å². The summed E-state index contributed by atoms with van der Waals surface area (Å²) in [6.45, 7) is 4.38. The molecule has 0 saturated heterocycles. The first-order chi connectivity index (χ1) is 6.29. The van der Waals surface area contributed by atoms with Gasteiger partial charge < -0.3 is 0 Å². The maximum absolute atomic E-state index is 8.65. The monoisotopic (exact) mass is 173 g/mol. The van der Waals surface area contributed by atoms with E-state index in [0.29, 0.717) is 12.3 Å². The van der Waals surface area contributed by atoms with Gasteiger partial charge in [0.2, 0.25) is 0 Å². The lowest BCUT2D eigenvalue weighted by Gasteiger charge is -2.12. The van der Waals surface area contributed by atoms with Crippen LogP contribution in [-0.4, -0.2) is 0 Å². The molecule has 0 aliphatic rings. The number of rotatable bonds is 3. The van der Waals surface area contributed by atoms with Crippen molar-refractivity contribution < 1.29 is 0 Å². The number of nitrogens with zero attached hydrogens (tertiary/aromatic N) is 1. The minimum atomic E-state index is 0.528. The van der Waals surface area contributed by atoms with Crippen molar-refractivity contribution in [3.63, 3.8) is 0 Å². The summed E-state index contributed by atoms with van der Waals surface area (Å²) < 4.78 is 0. The lowest BCUT2D eigenvalue weighted by molar-refractivity contribution is 0.726. The summed E-state index contributed by atoms with van der Waals surface area (Å²) in [5.41, 5.74) is 2.51. The van der Waals surface area contributed by atoms with Gasteiger partial charge in [-0.05, 0) is 23.5 Å². The van der Waals surface area contributed by atoms with Gasteiger partial charge in [0.25, 0.3) is 0 Å². The highest BCUT2D eigenvalue weighted by Crippen LogP contribution is 2.22. The van der Waals surface area contributed by atoms with Gasteiger partial charge in [-0.1, -0.05) is 38.1 Å². The Kier molecular flexibility index (Phi) is 3.52. The molecule has 1 aromatic carbocycles. The summed E-state index contributed by atoms with van der Waals surface area (Å²) in [6, 6.07) is 10.4. The highest BCUT2D eigenvalue weighted by Gasteiger charge is 2.06. The minimum Gasteiger partial charge on any atom is -0.198 e. The molecule has 1 unspecified atom stereocenters. The van der Waals surface area contributed by atoms with Crippen LogP contribution in [0.4, 0.5) is 0 Å². The van der Waals surface area contributed by atoms with Crippen LogP contribution in [0.1, 0.15) is 37.3 Å². The molecular weight excluding hydrogens is 158 g/mol. The molecule has 0 radical (unpaired) electrons. The summed E-state index contributed by atoms with van der Waals surface area (Å²) in [6.07, 6.45) is 1.66. The van der Waals surface area contributed by atoms with Gasteiger partial charge in [-0.3, -0.25) is 0 Å². The second kappa shape index (κ2) is 4.67. The third-order valence-electron chi connectivity index (χ3n) is 2.47. The van der Waals surface area contributed by atoms with Crippen LogP contribution in [0.25, 0.3) is 0 Å². The Morgan fingerprint density at radius 1 is 1.38 bits per heavy atom. The second-order valence-electron chi connectivity index (χ2n) is 3.34. The largest absolute Gasteiger partial charge is 0.198 e. The van der Waals surface area contributed by atoms with Crippen molar-refractivity contribution in [2.24, 2.45) is 0 Å². The van der Waals surface area contributed by atoms with Gasteiger partial charge in [0, 0.05) is 0 Å². The predicted molar refractivity (Wildman–Crippen MR) is 54.5 cm³/mol. The van der Waals surface area contributed by atoms with Gasteiger partial charge in [0.15, 0.2) is 0 Å². The van der Waals surface area contributed by atoms with Gasteiger partial charge >= 0.3 is 0 Å². The molecule has 0 saturated carbocycles. The van der Waals surface area contributed by atoms with Gasteiger partial charge in [-0.2, -0.15) is 5.26 Å². The van der Waals surface area contributed by atoms with Crippen LogP contribution in [-0.2, 0) is 6.42 Å². The van der Waals surface area contributed by atoms with Crippen LogP contribution in [0.15, 0.2) is 24.3 Å². The van der Waals surface area contributed by atoms with Crippen molar-refractivity contribution in [3.05, 3.63) is 35.4 Å². The fourth-order valence-corrected chi connectivity index (χ4v) is 1.48. The molecule has 0 aliphatic carbocycles. The maximum atomic E-state index is 8.65. The number of hydrogen-bond acceptors (Lipinski definition) is 1. The van der Waals surface area contributed by atoms with Crippen LogP contribution in [0.2, 0.25) is 0 Å². The molecule has 0 fully saturated rings. The Morgan fingerprint density at radius 2 is 2.08 bits per heavy atom. The minimum absolute atomic E-state index is 0.528. The third kappa shape index (κ3) is 2.32. The van der Waals surface area contributed by atoms with E-state index in [1.807, 2.05) is 18.2 Å². The van der Waals surface area contributed by atoms with E-state index < -0.39 is 0 Å². The molecule has 1 aromatic rings. The summed E-state index contributed by atoms with van der Waals surface area (Å²) in [7, 11) is 0. The Balaban J connectivity index is 2.98. The topological polar surface area (TPSA) is 23.8 Å². The van der Waals surface area contributed by atoms with Crippen molar-refractivity contribution >= 4 is 0 Å². The number of hydrogen-bond donors (Lipinski definition) is 0. The van der Waals surface area contributed by atoms with E-state index in [-0.39, 0.29) is 0 Å². The predicted octanol–water partition coefficient (Wildman–Crippen LogP) is 3.27. The summed E-state index contributed by atoms with van der Waals surface area (Å²) in [5, 5.41) is 8.65. The number of nitriles is 1. The molecule has 0 bridgehead atoms. The maximum Gasteiger partial charge on any atom is 0.0669 e. The molecule has 13 heavy (non-hydrogen) atoms. The average molecular weight is 173 g/mol. The molecule has 0 aromatic heterocycles. The first-order valence-corrected chi connectivity index (χ1v) is 4.74. The Labute approximate surface area is 80.0 Å². The van der Waals surface area contributed by atoms with Crippen molar-refractivity contribution in [3.8, 4) is 6.07 Å². The molecule has 0 heterocycles. The molecule has 0 N–H and O–H groups in total. The molecule has 68 valence electrons. The van der Waals surface area contributed by atoms with E-state index >= 15 is 0 Å². The van der Waals surface area contributed by atoms with Crippen molar-refractivity contribution in [2.75, 3.05) is 0 Å². The zero-order valence-corrected chi connectivity index (χ0v) is 8.25. The van der Waals surface area contributed by atoms with Gasteiger partial charge in [0.1, 0.15) is 0 Å². The molecule has 0 spiro atoms. The quantitative estimate of drug-likeness (QED) is 0.688. The van der Waals surface area contributed by atoms with E-state index in [9.17, 15) is 0 Å². The van der Waals surface area contributed by atoms with Crippen LogP contribution < -0.4 is 0 Å². The second-order valence-corrected chi connectivity index (χ2v) is 3.34. The summed E-state index contributed by atoms with van der Waals surface area (Å²) in [4.78, 5) is 0. The molecule has 1 heteroatoms. The Bertz CT molecular complexity index is 309. The fraction of sp³-hybridized carbons (Fsp3) is 0.417. The van der Waals surface area contributed by atoms with E-state index in [1.54, 1.807) is 0 Å². The molecule has 1 nitrogen and oxygen atoms in total. The third-order valence-corrected chi connectivity index (χ3v) is 2.47. The Morgan fingerprint density at radius 3 is 2.69 bits per heavy atom. The first-order valence-electron chi connectivity index (χ1n) is 4.74. The molecule has 1 rings (SSSR count). The molecule has 0 amide bonds. The Hall–Kier alpha value is -1.29. The molecular formula is C12H15N. The lowest BCUT2D eigenvalue weighted by Crippen LogP contribution is -1.97. The zero-order valence-electron chi connectivity index (χ0n) is 8.25. The van der Waals surface area contributed by atoms with Crippen LogP contribution in [0, 0.1) is 11.3 Å². The molecule has 1 atom stereocenters. The normalized spacial score (nSPS) is 12.1. The van der Waals surface area contributed by atoms with Gasteiger partial charge in [-0.25, -0.2) is 0 Å². The zero-order chi connectivity index (χ0) is 9.68. The SMILES string of the molecule is CCC(C)c1ccccc1CC#N. The van der Waals surface area contributed by atoms with E-state index in [4.69, 9.17) is 5.26 Å². The van der Waals surface area contributed by atoms with E-state index in [2.05, 4.69) is 26.0 Å². The number of benzene rings is 1. The van der Waals surface area contributed by atoms with Gasteiger partial charge in [0.05, 0.1) is 12.5 Å². The van der Waals surface area contributed by atoms with Crippen molar-refractivity contribution in [1.29, 1.82) is 5.26 Å². The van der Waals surface area contributed by atoms with Crippen molar-refractivity contribution in [1.82, 2.24) is 0 Å². The van der Waals surface area contributed by atoms with Crippen LogP contribution in [0.3, 0.4) is 0 Å². The van der Waals surface area contributed by atoms with Crippen LogP contribution in [0.5, 0.6) is 0 Å².